The maximum absolute atomic E-state index is 13.0. The predicted molar refractivity (Wildman–Crippen MR) is 94.5 cm³/mol. The van der Waals surface area contributed by atoms with Crippen LogP contribution in [0.4, 0.5) is 5.69 Å². The Morgan fingerprint density at radius 1 is 1.17 bits per heavy atom. The lowest BCUT2D eigenvalue weighted by molar-refractivity contribution is 0.0680. The molecule has 1 saturated carbocycles. The molecule has 1 fully saturated rings. The molecule has 1 aliphatic rings. The van der Waals surface area contributed by atoms with Crippen LogP contribution >= 0.6 is 11.6 Å². The van der Waals surface area contributed by atoms with Crippen molar-refractivity contribution in [3.05, 3.63) is 64.7 Å². The van der Waals surface area contributed by atoms with Crippen LogP contribution in [-0.2, 0) is 0 Å². The molecule has 1 atom stereocenters. The standard InChI is InChI=1S/C19H21ClN2O/c1-13(15-4-8-17(20)9-5-15)22(12-14-2-3-14)19(23)16-6-10-18(21)11-7-16/h4-11,13-14H,2-3,12,21H2,1H3/t13-/m1/s1. The van der Waals surface area contributed by atoms with Crippen molar-refractivity contribution in [2.75, 3.05) is 12.3 Å². The molecule has 2 aromatic carbocycles. The zero-order chi connectivity index (χ0) is 16.4. The molecular formula is C19H21ClN2O. The Bertz CT molecular complexity index is 678. The van der Waals surface area contributed by atoms with Crippen LogP contribution < -0.4 is 5.73 Å². The van der Waals surface area contributed by atoms with Crippen LogP contribution in [0.3, 0.4) is 0 Å². The van der Waals surface area contributed by atoms with E-state index in [1.807, 2.05) is 29.2 Å². The molecule has 0 bridgehead atoms. The number of benzene rings is 2. The number of rotatable bonds is 5. The van der Waals surface area contributed by atoms with Gasteiger partial charge in [-0.3, -0.25) is 4.79 Å². The fraction of sp³-hybridized carbons (Fsp3) is 0.316. The number of nitrogens with zero attached hydrogens (tertiary/aromatic N) is 1. The first-order valence-corrected chi connectivity index (χ1v) is 8.34. The minimum atomic E-state index is 0.0120. The highest BCUT2D eigenvalue weighted by molar-refractivity contribution is 6.30. The molecule has 120 valence electrons. The highest BCUT2D eigenvalue weighted by atomic mass is 35.5. The van der Waals surface area contributed by atoms with E-state index in [1.54, 1.807) is 24.3 Å². The van der Waals surface area contributed by atoms with Gasteiger partial charge in [0.25, 0.3) is 5.91 Å². The summed E-state index contributed by atoms with van der Waals surface area (Å²) in [4.78, 5) is 14.9. The summed E-state index contributed by atoms with van der Waals surface area (Å²) in [5, 5.41) is 0.708. The van der Waals surface area contributed by atoms with Crippen molar-refractivity contribution in [3.63, 3.8) is 0 Å². The fourth-order valence-corrected chi connectivity index (χ4v) is 2.83. The summed E-state index contributed by atoms with van der Waals surface area (Å²) in [7, 11) is 0. The minimum absolute atomic E-state index is 0.0120. The van der Waals surface area contributed by atoms with Crippen molar-refractivity contribution >= 4 is 23.2 Å². The van der Waals surface area contributed by atoms with E-state index < -0.39 is 0 Å². The van der Waals surface area contributed by atoms with Crippen LogP contribution in [0.5, 0.6) is 0 Å². The maximum Gasteiger partial charge on any atom is 0.254 e. The average molecular weight is 329 g/mol. The van der Waals surface area contributed by atoms with E-state index in [9.17, 15) is 4.79 Å². The van der Waals surface area contributed by atoms with Gasteiger partial charge in [0.1, 0.15) is 0 Å². The van der Waals surface area contributed by atoms with Crippen molar-refractivity contribution < 1.29 is 4.79 Å². The third kappa shape index (κ3) is 3.85. The first kappa shape index (κ1) is 15.9. The summed E-state index contributed by atoms with van der Waals surface area (Å²) in [5.74, 6) is 0.682. The molecule has 3 nitrogen and oxygen atoms in total. The summed E-state index contributed by atoms with van der Waals surface area (Å²) in [6.07, 6.45) is 2.41. The molecule has 0 saturated heterocycles. The second-order valence-electron chi connectivity index (χ2n) is 6.25. The fourth-order valence-electron chi connectivity index (χ4n) is 2.71. The summed E-state index contributed by atoms with van der Waals surface area (Å²) in [5.41, 5.74) is 8.17. The predicted octanol–water partition coefficient (Wildman–Crippen LogP) is 4.54. The van der Waals surface area contributed by atoms with Crippen molar-refractivity contribution in [1.29, 1.82) is 0 Å². The monoisotopic (exact) mass is 328 g/mol. The number of carbonyl (C=O) groups is 1. The molecule has 2 N–H and O–H groups in total. The van der Waals surface area contributed by atoms with Crippen LogP contribution in [0.25, 0.3) is 0 Å². The highest BCUT2D eigenvalue weighted by Crippen LogP contribution is 2.34. The van der Waals surface area contributed by atoms with Gasteiger partial charge in [-0.2, -0.15) is 0 Å². The first-order chi connectivity index (χ1) is 11.0. The van der Waals surface area contributed by atoms with Gasteiger partial charge >= 0.3 is 0 Å². The van der Waals surface area contributed by atoms with Gasteiger partial charge in [0, 0.05) is 22.8 Å². The van der Waals surface area contributed by atoms with Gasteiger partial charge in [-0.25, -0.2) is 0 Å². The Kier molecular flexibility index (Phi) is 4.58. The molecule has 0 radical (unpaired) electrons. The Morgan fingerprint density at radius 2 is 1.78 bits per heavy atom. The lowest BCUT2D eigenvalue weighted by Crippen LogP contribution is -2.35. The summed E-state index contributed by atoms with van der Waals surface area (Å²) in [6.45, 7) is 2.87. The van der Waals surface area contributed by atoms with Gasteiger partial charge in [0.05, 0.1) is 6.04 Å². The van der Waals surface area contributed by atoms with Gasteiger partial charge in [0.15, 0.2) is 0 Å². The molecule has 0 aliphatic heterocycles. The van der Waals surface area contributed by atoms with E-state index in [-0.39, 0.29) is 11.9 Å². The van der Waals surface area contributed by atoms with Gasteiger partial charge in [0.2, 0.25) is 0 Å². The van der Waals surface area contributed by atoms with Crippen LogP contribution in [0.2, 0.25) is 5.02 Å². The Balaban J connectivity index is 1.85. The van der Waals surface area contributed by atoms with Crippen LogP contribution in [0, 0.1) is 5.92 Å². The second kappa shape index (κ2) is 6.63. The number of anilines is 1. The molecule has 0 spiro atoms. The lowest BCUT2D eigenvalue weighted by Gasteiger charge is -2.30. The number of amides is 1. The van der Waals surface area contributed by atoms with E-state index in [2.05, 4.69) is 6.92 Å². The number of nitrogens with two attached hydrogens (primary N) is 1. The topological polar surface area (TPSA) is 46.3 Å². The van der Waals surface area contributed by atoms with Crippen molar-refractivity contribution in [2.24, 2.45) is 5.92 Å². The van der Waals surface area contributed by atoms with Crippen LogP contribution in [0.15, 0.2) is 48.5 Å². The Labute approximate surface area is 142 Å². The number of nitrogen functional groups attached to an aromatic ring is 1. The van der Waals surface area contributed by atoms with Gasteiger partial charge < -0.3 is 10.6 Å². The smallest absolute Gasteiger partial charge is 0.254 e. The molecule has 0 heterocycles. The molecule has 4 heteroatoms. The van der Waals surface area contributed by atoms with E-state index in [0.717, 1.165) is 12.1 Å². The molecule has 0 aromatic heterocycles. The first-order valence-electron chi connectivity index (χ1n) is 7.96. The average Bonchev–Trinajstić information content (AvgIpc) is 3.37. The second-order valence-corrected chi connectivity index (χ2v) is 6.69. The number of carbonyl (C=O) groups excluding carboxylic acids is 1. The summed E-state index contributed by atoms with van der Waals surface area (Å²) < 4.78 is 0. The summed E-state index contributed by atoms with van der Waals surface area (Å²) >= 11 is 5.97. The number of halogens is 1. The minimum Gasteiger partial charge on any atom is -0.399 e. The summed E-state index contributed by atoms with van der Waals surface area (Å²) in [6, 6.07) is 14.9. The Morgan fingerprint density at radius 3 is 2.35 bits per heavy atom. The van der Waals surface area contributed by atoms with Gasteiger partial charge in [-0.15, -0.1) is 0 Å². The molecular weight excluding hydrogens is 308 g/mol. The van der Waals surface area contributed by atoms with E-state index in [0.29, 0.717) is 22.2 Å². The molecule has 2 aromatic rings. The SMILES string of the molecule is C[C@H](c1ccc(Cl)cc1)N(CC1CC1)C(=O)c1ccc(N)cc1. The van der Waals surface area contributed by atoms with Crippen molar-refractivity contribution in [1.82, 2.24) is 4.90 Å². The normalized spacial score (nSPS) is 15.2. The van der Waals surface area contributed by atoms with Crippen molar-refractivity contribution in [3.8, 4) is 0 Å². The van der Waals surface area contributed by atoms with E-state index in [4.69, 9.17) is 17.3 Å². The van der Waals surface area contributed by atoms with Crippen LogP contribution in [-0.4, -0.2) is 17.4 Å². The highest BCUT2D eigenvalue weighted by Gasteiger charge is 2.30. The quantitative estimate of drug-likeness (QED) is 0.819. The van der Waals surface area contributed by atoms with E-state index >= 15 is 0 Å². The van der Waals surface area contributed by atoms with Crippen LogP contribution in [0.1, 0.15) is 41.7 Å². The zero-order valence-electron chi connectivity index (χ0n) is 13.2. The van der Waals surface area contributed by atoms with Gasteiger partial charge in [-0.05, 0) is 67.6 Å². The van der Waals surface area contributed by atoms with Gasteiger partial charge in [-0.1, -0.05) is 23.7 Å². The maximum atomic E-state index is 13.0. The number of hydrogen-bond acceptors (Lipinski definition) is 2. The third-order valence-electron chi connectivity index (χ3n) is 4.39. The van der Waals surface area contributed by atoms with Crippen molar-refractivity contribution in [2.45, 2.75) is 25.8 Å². The molecule has 23 heavy (non-hydrogen) atoms. The van der Waals surface area contributed by atoms with E-state index in [1.165, 1.54) is 12.8 Å². The largest absolute Gasteiger partial charge is 0.399 e. The molecule has 1 aliphatic carbocycles. The lowest BCUT2D eigenvalue weighted by atomic mass is 10.0. The molecule has 3 rings (SSSR count). The third-order valence-corrected chi connectivity index (χ3v) is 4.64. The molecule has 0 unspecified atom stereocenters. The Hall–Kier alpha value is -2.00. The number of hydrogen-bond donors (Lipinski definition) is 1. The molecule has 1 amide bonds. The zero-order valence-corrected chi connectivity index (χ0v) is 14.0.